The van der Waals surface area contributed by atoms with Gasteiger partial charge in [-0.1, -0.05) is 60.7 Å². The summed E-state index contributed by atoms with van der Waals surface area (Å²) in [7, 11) is -7.36. The number of sulfonamides is 2. The standard InChI is InChI=1S/2C10H8N2.2C7H5NO3S.Mn.H2O/c2*1-3-7-11-9(5-1)10-6-2-4-8-12-10;2*9-7-5-3-1-2-4-6(5)12(10,11)8-7;;/h2*1-8H;2*1-4H,(H,8,9);;1H2/q;;;;+2;/p-1. The summed E-state index contributed by atoms with van der Waals surface area (Å²) in [5.74, 6) is -1.35. The van der Waals surface area contributed by atoms with Gasteiger partial charge in [-0.05, 0) is 60.7 Å². The van der Waals surface area contributed by atoms with Gasteiger partial charge in [0, 0.05) is 41.8 Å². The predicted octanol–water partition coefficient (Wildman–Crippen LogP) is 3.76. The van der Waals surface area contributed by atoms with Crippen LogP contribution in [0.5, 0.6) is 0 Å². The molecule has 0 saturated heterocycles. The fourth-order valence-corrected chi connectivity index (χ4v) is 6.41. The average Bonchev–Trinajstić information content (AvgIpc) is 3.52. The van der Waals surface area contributed by atoms with Crippen LogP contribution in [0.4, 0.5) is 0 Å². The third-order valence-corrected chi connectivity index (χ3v) is 9.02. The van der Waals surface area contributed by atoms with Gasteiger partial charge in [0.25, 0.3) is 10.0 Å². The average molecular weight is 751 g/mol. The number of amides is 1. The summed E-state index contributed by atoms with van der Waals surface area (Å²) in [5.41, 5.74) is 3.99. The van der Waals surface area contributed by atoms with Crippen LogP contribution in [0.3, 0.4) is 0 Å². The molecule has 13 nitrogen and oxygen atoms in total. The first-order valence-corrected chi connectivity index (χ1v) is 16.9. The first kappa shape index (κ1) is 38.8. The molecule has 8 rings (SSSR count). The number of carbonyl (C=O) groups excluding carboxylic acids is 1. The zero-order valence-corrected chi connectivity index (χ0v) is 28.6. The molecule has 253 valence electrons. The van der Waals surface area contributed by atoms with E-state index in [1.807, 2.05) is 72.8 Å². The van der Waals surface area contributed by atoms with Crippen LogP contribution in [0.25, 0.3) is 27.5 Å². The smallest absolute Gasteiger partial charge is 0.858 e. The number of pyridine rings is 4. The molecule has 50 heavy (non-hydrogen) atoms. The minimum Gasteiger partial charge on any atom is -0.858 e. The second kappa shape index (κ2) is 17.7. The van der Waals surface area contributed by atoms with Gasteiger partial charge >= 0.3 is 17.1 Å². The number of carbonyl (C=O) groups is 1. The second-order valence-corrected chi connectivity index (χ2v) is 12.7. The van der Waals surface area contributed by atoms with Gasteiger partial charge in [0.15, 0.2) is 0 Å². The minimum absolute atomic E-state index is 0. The van der Waals surface area contributed by atoms with Crippen molar-refractivity contribution in [3.63, 3.8) is 0 Å². The normalized spacial score (nSPS) is 13.5. The number of hydrogen-bond donors (Lipinski definition) is 0. The van der Waals surface area contributed by atoms with Gasteiger partial charge in [-0.2, -0.15) is 12.8 Å². The molecule has 6 aromatic rings. The molecule has 4 aromatic heterocycles. The van der Waals surface area contributed by atoms with Gasteiger partial charge in [0.05, 0.1) is 38.5 Å². The molecule has 2 aliphatic heterocycles. The van der Waals surface area contributed by atoms with Crippen molar-refractivity contribution in [2.75, 3.05) is 0 Å². The molecule has 0 fully saturated rings. The van der Waals surface area contributed by atoms with E-state index in [2.05, 4.69) is 29.1 Å². The molecule has 2 aliphatic rings. The minimum atomic E-state index is -3.68. The molecule has 16 heteroatoms. The van der Waals surface area contributed by atoms with Gasteiger partial charge in [-0.15, -0.1) is 0 Å². The first-order chi connectivity index (χ1) is 23.2. The van der Waals surface area contributed by atoms with Crippen molar-refractivity contribution in [1.82, 2.24) is 19.9 Å². The zero-order chi connectivity index (χ0) is 34.0. The first-order valence-electron chi connectivity index (χ1n) is 14.0. The van der Waals surface area contributed by atoms with E-state index in [9.17, 15) is 26.7 Å². The molecule has 3 N–H and O–H groups in total. The summed E-state index contributed by atoms with van der Waals surface area (Å²) in [6.07, 6.45) is 7.07. The third-order valence-electron chi connectivity index (χ3n) is 6.38. The van der Waals surface area contributed by atoms with E-state index >= 15 is 0 Å². The van der Waals surface area contributed by atoms with E-state index in [1.54, 1.807) is 49.1 Å². The summed E-state index contributed by atoms with van der Waals surface area (Å²) in [6.45, 7) is 0. The van der Waals surface area contributed by atoms with Crippen LogP contribution in [-0.2, 0) is 42.6 Å². The second-order valence-electron chi connectivity index (χ2n) is 9.60. The van der Waals surface area contributed by atoms with Crippen LogP contribution < -0.4 is 5.11 Å². The maximum absolute atomic E-state index is 11.1. The van der Waals surface area contributed by atoms with Gasteiger partial charge in [0.2, 0.25) is 0 Å². The molecule has 6 heterocycles. The van der Waals surface area contributed by atoms with Crippen molar-refractivity contribution in [3.8, 4) is 22.8 Å². The zero-order valence-electron chi connectivity index (χ0n) is 25.8. The molecular formula is C34H27MnN6O7S2+. The number of nitrogens with zero attached hydrogens (tertiary/aromatic N) is 6. The van der Waals surface area contributed by atoms with Crippen LogP contribution in [0, 0.1) is 0 Å². The Kier molecular flexibility index (Phi) is 13.7. The van der Waals surface area contributed by atoms with Gasteiger partial charge < -0.3 is 20.1 Å². The maximum atomic E-state index is 11.1. The van der Waals surface area contributed by atoms with E-state index in [-0.39, 0.29) is 43.5 Å². The van der Waals surface area contributed by atoms with Crippen LogP contribution in [-0.4, -0.2) is 48.6 Å². The Morgan fingerprint density at radius 3 is 1.22 bits per heavy atom. The Labute approximate surface area is 298 Å². The molecule has 2 aromatic carbocycles. The van der Waals surface area contributed by atoms with Crippen molar-refractivity contribution in [2.24, 2.45) is 4.40 Å². The van der Waals surface area contributed by atoms with Crippen LogP contribution >= 0.6 is 0 Å². The quantitative estimate of drug-likeness (QED) is 0.184. The van der Waals surface area contributed by atoms with Crippen molar-refractivity contribution < 1.29 is 49.3 Å². The van der Waals surface area contributed by atoms with E-state index in [0.717, 1.165) is 22.8 Å². The number of fused-ring (bicyclic) bond motifs is 2. The summed E-state index contributed by atoms with van der Waals surface area (Å²) in [6, 6.07) is 35.2. The molecule has 0 atom stereocenters. The maximum Gasteiger partial charge on any atom is 2.00 e. The number of benzene rings is 2. The molecule has 1 radical (unpaired) electrons. The van der Waals surface area contributed by atoms with E-state index in [4.69, 9.17) is 0 Å². The molecule has 0 spiro atoms. The molecule has 0 aliphatic carbocycles. The predicted molar refractivity (Wildman–Crippen MR) is 181 cm³/mol. The largest absolute Gasteiger partial charge is 2.00 e. The van der Waals surface area contributed by atoms with E-state index in [1.165, 1.54) is 24.3 Å². The number of hydrogen-bond acceptors (Lipinski definition) is 10. The molecule has 0 saturated carbocycles. The molecular weight excluding hydrogens is 723 g/mol. The van der Waals surface area contributed by atoms with E-state index < -0.39 is 31.9 Å². The fraction of sp³-hybridized carbons (Fsp3) is 0. The van der Waals surface area contributed by atoms with E-state index in [0.29, 0.717) is 0 Å². The summed E-state index contributed by atoms with van der Waals surface area (Å²) in [4.78, 5) is 27.7. The van der Waals surface area contributed by atoms with Crippen molar-refractivity contribution in [1.29, 1.82) is 0 Å². The fourth-order valence-electron chi connectivity index (χ4n) is 4.21. The Morgan fingerprint density at radius 2 is 0.860 bits per heavy atom. The SMILES string of the molecule is O=C1[N-]S(=O)(=O)c2ccccc21.O=S1(=O)N=C([O-])c2ccccc21.[Mn+2].[OH3+].c1ccc(-c2ccccn2)nc1.c1ccc(-c2ccccn2)nc1. The number of aromatic nitrogens is 4. The summed E-state index contributed by atoms with van der Waals surface area (Å²) >= 11 is 0. The third kappa shape index (κ3) is 9.72. The van der Waals surface area contributed by atoms with Crippen molar-refractivity contribution in [3.05, 3.63) is 162 Å². The van der Waals surface area contributed by atoms with Crippen molar-refractivity contribution in [2.45, 2.75) is 9.79 Å². The Morgan fingerprint density at radius 1 is 0.500 bits per heavy atom. The van der Waals surface area contributed by atoms with Gasteiger partial charge in [0.1, 0.15) is 10.0 Å². The van der Waals surface area contributed by atoms with Gasteiger partial charge in [-0.25, -0.2) is 8.42 Å². The summed E-state index contributed by atoms with van der Waals surface area (Å²) < 4.78 is 50.3. The Balaban J connectivity index is 0.000000178. The molecule has 0 bridgehead atoms. The van der Waals surface area contributed by atoms with Crippen molar-refractivity contribution >= 4 is 31.9 Å². The van der Waals surface area contributed by atoms with Gasteiger partial charge in [-0.3, -0.25) is 19.9 Å². The Bertz CT molecular complexity index is 2110. The summed E-state index contributed by atoms with van der Waals surface area (Å²) in [5, 5.41) is 10.9. The monoisotopic (exact) mass is 750 g/mol. The topological polar surface area (TPSA) is 219 Å². The van der Waals surface area contributed by atoms with Crippen LogP contribution in [0.2, 0.25) is 0 Å². The molecule has 0 unspecified atom stereocenters. The molecule has 1 amide bonds. The van der Waals surface area contributed by atoms with Crippen LogP contribution in [0.15, 0.2) is 160 Å². The number of rotatable bonds is 2. The van der Waals surface area contributed by atoms with Crippen LogP contribution in [0.1, 0.15) is 15.9 Å². The Hall–Kier alpha value is -5.64.